The van der Waals surface area contributed by atoms with Crippen molar-refractivity contribution in [1.82, 2.24) is 15.5 Å². The predicted molar refractivity (Wildman–Crippen MR) is 113 cm³/mol. The van der Waals surface area contributed by atoms with Crippen LogP contribution in [-0.4, -0.2) is 76.4 Å². The molecule has 2 N–H and O–H groups in total. The van der Waals surface area contributed by atoms with Gasteiger partial charge in [0.25, 0.3) is 0 Å². The summed E-state index contributed by atoms with van der Waals surface area (Å²) in [6.07, 6.45) is 3.80. The molecule has 1 unspecified atom stereocenters. The number of rotatable bonds is 7. The Kier molecular flexibility index (Phi) is 7.78. The highest BCUT2D eigenvalue weighted by Crippen LogP contribution is 2.17. The summed E-state index contributed by atoms with van der Waals surface area (Å²) in [5, 5.41) is 6.79. The van der Waals surface area contributed by atoms with E-state index < -0.39 is 0 Å². The highest BCUT2D eigenvalue weighted by Gasteiger charge is 2.17. The van der Waals surface area contributed by atoms with Gasteiger partial charge in [-0.2, -0.15) is 0 Å². The molecule has 27 heavy (non-hydrogen) atoms. The zero-order chi connectivity index (χ0) is 18.9. The Balaban J connectivity index is 1.28. The van der Waals surface area contributed by atoms with Gasteiger partial charge in [-0.05, 0) is 50.4 Å². The number of piperazine rings is 1. The van der Waals surface area contributed by atoms with Crippen molar-refractivity contribution < 1.29 is 4.74 Å². The third-order valence-corrected chi connectivity index (χ3v) is 5.43. The second-order valence-electron chi connectivity index (χ2n) is 7.54. The quantitative estimate of drug-likeness (QED) is 0.434. The number of benzene rings is 1. The molecule has 1 aromatic carbocycles. The van der Waals surface area contributed by atoms with Gasteiger partial charge in [-0.15, -0.1) is 0 Å². The van der Waals surface area contributed by atoms with E-state index >= 15 is 0 Å². The number of aliphatic imine (C=N–C) groups is 1. The van der Waals surface area contributed by atoms with Crippen LogP contribution in [0.5, 0.6) is 0 Å². The van der Waals surface area contributed by atoms with E-state index in [1.165, 1.54) is 17.7 Å². The predicted octanol–water partition coefficient (Wildman–Crippen LogP) is 1.85. The molecular weight excluding hydrogens is 338 g/mol. The maximum Gasteiger partial charge on any atom is 0.191 e. The average Bonchev–Trinajstić information content (AvgIpc) is 3.21. The molecule has 2 fully saturated rings. The average molecular weight is 374 g/mol. The number of aryl methyl sites for hydroxylation is 1. The highest BCUT2D eigenvalue weighted by molar-refractivity contribution is 5.79. The second-order valence-corrected chi connectivity index (χ2v) is 7.54. The molecule has 0 amide bonds. The lowest BCUT2D eigenvalue weighted by Gasteiger charge is -2.36. The third kappa shape index (κ3) is 6.40. The summed E-state index contributed by atoms with van der Waals surface area (Å²) in [6.45, 7) is 10.5. The van der Waals surface area contributed by atoms with Gasteiger partial charge >= 0.3 is 0 Å². The van der Waals surface area contributed by atoms with Gasteiger partial charge in [0.15, 0.2) is 5.96 Å². The van der Waals surface area contributed by atoms with E-state index in [1.807, 2.05) is 7.05 Å². The highest BCUT2D eigenvalue weighted by atomic mass is 16.5. The Morgan fingerprint density at radius 1 is 1.22 bits per heavy atom. The summed E-state index contributed by atoms with van der Waals surface area (Å²) >= 11 is 0. The number of nitrogens with one attached hydrogen (secondary N) is 2. The van der Waals surface area contributed by atoms with Crippen LogP contribution in [0.3, 0.4) is 0 Å². The van der Waals surface area contributed by atoms with Crippen LogP contribution in [0, 0.1) is 6.92 Å². The van der Waals surface area contributed by atoms with Crippen LogP contribution in [-0.2, 0) is 4.74 Å². The molecule has 3 rings (SSSR count). The van der Waals surface area contributed by atoms with E-state index in [9.17, 15) is 0 Å². The zero-order valence-electron chi connectivity index (χ0n) is 16.9. The van der Waals surface area contributed by atoms with E-state index in [1.54, 1.807) is 0 Å². The lowest BCUT2D eigenvalue weighted by Crippen LogP contribution is -2.47. The van der Waals surface area contributed by atoms with Crippen molar-refractivity contribution in [2.24, 2.45) is 4.99 Å². The fraction of sp³-hybridized carbons (Fsp3) is 0.667. The molecule has 0 spiro atoms. The molecule has 0 aliphatic carbocycles. The Labute approximate surface area is 164 Å². The number of ether oxygens (including phenoxy) is 1. The van der Waals surface area contributed by atoms with E-state index in [2.05, 4.69) is 56.6 Å². The summed E-state index contributed by atoms with van der Waals surface area (Å²) in [7, 11) is 1.83. The molecule has 0 bridgehead atoms. The lowest BCUT2D eigenvalue weighted by atomic mass is 10.2. The van der Waals surface area contributed by atoms with E-state index in [-0.39, 0.29) is 0 Å². The van der Waals surface area contributed by atoms with Gasteiger partial charge in [0, 0.05) is 58.6 Å². The SMILES string of the molecule is CN=C(NCCCN1CCN(c2cccc(C)c2)CC1)NCC1CCCO1. The lowest BCUT2D eigenvalue weighted by molar-refractivity contribution is 0.114. The molecule has 1 atom stereocenters. The van der Waals surface area contributed by atoms with Crippen LogP contribution < -0.4 is 15.5 Å². The molecule has 0 radical (unpaired) electrons. The van der Waals surface area contributed by atoms with Gasteiger partial charge in [0.1, 0.15) is 0 Å². The van der Waals surface area contributed by atoms with Crippen molar-refractivity contribution in [3.05, 3.63) is 29.8 Å². The zero-order valence-corrected chi connectivity index (χ0v) is 16.9. The summed E-state index contributed by atoms with van der Waals surface area (Å²) in [5.74, 6) is 0.884. The topological polar surface area (TPSA) is 52.1 Å². The minimum Gasteiger partial charge on any atom is -0.376 e. The number of hydrogen-bond donors (Lipinski definition) is 2. The smallest absolute Gasteiger partial charge is 0.191 e. The van der Waals surface area contributed by atoms with Gasteiger partial charge in [-0.25, -0.2) is 0 Å². The monoisotopic (exact) mass is 373 g/mol. The normalized spacial score (nSPS) is 21.5. The third-order valence-electron chi connectivity index (χ3n) is 5.43. The maximum atomic E-state index is 5.64. The Morgan fingerprint density at radius 2 is 2.07 bits per heavy atom. The van der Waals surface area contributed by atoms with Crippen molar-refractivity contribution in [2.45, 2.75) is 32.3 Å². The Morgan fingerprint density at radius 3 is 2.78 bits per heavy atom. The fourth-order valence-corrected chi connectivity index (χ4v) is 3.80. The first-order chi connectivity index (χ1) is 13.2. The van der Waals surface area contributed by atoms with Gasteiger partial charge in [0.05, 0.1) is 6.10 Å². The van der Waals surface area contributed by atoms with Crippen LogP contribution in [0.4, 0.5) is 5.69 Å². The molecule has 2 aliphatic rings. The molecule has 2 saturated heterocycles. The molecule has 2 aliphatic heterocycles. The van der Waals surface area contributed by atoms with Gasteiger partial charge in [0.2, 0.25) is 0 Å². The minimum atomic E-state index is 0.341. The van der Waals surface area contributed by atoms with Crippen molar-refractivity contribution >= 4 is 11.6 Å². The van der Waals surface area contributed by atoms with Crippen LogP contribution in [0.1, 0.15) is 24.8 Å². The Hall–Kier alpha value is -1.79. The molecule has 0 saturated carbocycles. The van der Waals surface area contributed by atoms with E-state index in [0.29, 0.717) is 6.10 Å². The van der Waals surface area contributed by atoms with Crippen LogP contribution in [0.15, 0.2) is 29.3 Å². The number of nitrogens with zero attached hydrogens (tertiary/aromatic N) is 3. The summed E-state index contributed by atoms with van der Waals surface area (Å²) in [4.78, 5) is 9.37. The van der Waals surface area contributed by atoms with Gasteiger partial charge < -0.3 is 20.3 Å². The largest absolute Gasteiger partial charge is 0.376 e. The fourth-order valence-electron chi connectivity index (χ4n) is 3.80. The van der Waals surface area contributed by atoms with Crippen LogP contribution >= 0.6 is 0 Å². The standard InChI is InChI=1S/C21H35N5O/c1-18-6-3-7-19(16-18)26-13-11-25(12-14-26)10-5-9-23-21(22-2)24-17-20-8-4-15-27-20/h3,6-7,16,20H,4-5,8-15,17H2,1-2H3,(H2,22,23,24). The number of guanidine groups is 1. The summed E-state index contributed by atoms with van der Waals surface area (Å²) in [6, 6.07) is 8.83. The minimum absolute atomic E-state index is 0.341. The molecule has 150 valence electrons. The first-order valence-corrected chi connectivity index (χ1v) is 10.3. The molecule has 1 aromatic rings. The Bertz CT molecular complexity index is 592. The van der Waals surface area contributed by atoms with Gasteiger partial charge in [-0.3, -0.25) is 9.89 Å². The first kappa shape index (κ1) is 20.0. The summed E-state index contributed by atoms with van der Waals surface area (Å²) in [5.41, 5.74) is 2.69. The maximum absolute atomic E-state index is 5.64. The molecule has 2 heterocycles. The summed E-state index contributed by atoms with van der Waals surface area (Å²) < 4.78 is 5.64. The number of anilines is 1. The van der Waals surface area contributed by atoms with Crippen molar-refractivity contribution in [2.75, 3.05) is 64.4 Å². The molecule has 6 heteroatoms. The molecule has 0 aromatic heterocycles. The van der Waals surface area contributed by atoms with Gasteiger partial charge in [-0.1, -0.05) is 12.1 Å². The van der Waals surface area contributed by atoms with Crippen molar-refractivity contribution in [1.29, 1.82) is 0 Å². The second kappa shape index (κ2) is 10.5. The van der Waals surface area contributed by atoms with E-state index in [0.717, 1.165) is 71.2 Å². The first-order valence-electron chi connectivity index (χ1n) is 10.3. The van der Waals surface area contributed by atoms with Crippen molar-refractivity contribution in [3.8, 4) is 0 Å². The van der Waals surface area contributed by atoms with Crippen LogP contribution in [0.25, 0.3) is 0 Å². The van der Waals surface area contributed by atoms with E-state index in [4.69, 9.17) is 4.74 Å². The van der Waals surface area contributed by atoms with Crippen LogP contribution in [0.2, 0.25) is 0 Å². The molecular formula is C21H35N5O. The number of hydrogen-bond acceptors (Lipinski definition) is 4. The van der Waals surface area contributed by atoms with Crippen molar-refractivity contribution in [3.63, 3.8) is 0 Å². The molecule has 6 nitrogen and oxygen atoms in total.